The van der Waals surface area contributed by atoms with Gasteiger partial charge in [-0.05, 0) is 52.4 Å². The summed E-state index contributed by atoms with van der Waals surface area (Å²) in [5, 5.41) is 8.78. The maximum Gasteiger partial charge on any atom is 0.246 e. The van der Waals surface area contributed by atoms with Crippen LogP contribution in [-0.4, -0.2) is 54.9 Å². The van der Waals surface area contributed by atoms with E-state index in [9.17, 15) is 9.59 Å². The number of benzene rings is 1. The Morgan fingerprint density at radius 3 is 2.44 bits per heavy atom. The molecule has 25 heavy (non-hydrogen) atoms. The van der Waals surface area contributed by atoms with Crippen molar-refractivity contribution in [2.45, 2.75) is 32.2 Å². The summed E-state index contributed by atoms with van der Waals surface area (Å²) < 4.78 is 0. The minimum atomic E-state index is -0.554. The number of para-hydroxylation sites is 1. The third-order valence-corrected chi connectivity index (χ3v) is 3.59. The Balaban J connectivity index is 2.58. The number of nitrogens with zero attached hydrogens (tertiary/aromatic N) is 1. The molecule has 0 saturated heterocycles. The Kier molecular flexibility index (Phi) is 9.72. The van der Waals surface area contributed by atoms with Gasteiger partial charge in [-0.25, -0.2) is 0 Å². The number of anilines is 1. The molecule has 1 rings (SSSR count). The standard InChI is InChI=1S/C18H28N4O2S/c1-14(25)19-12-8-7-11-16(21-17(23)13-22(2)3)18(24)20-15-9-5-4-6-10-15/h4-6,9-10,16H,7-8,11-13H2,1-3H3,(H,19,25)(H,20,24)(H,21,23)/t16-/m0/s1. The Morgan fingerprint density at radius 1 is 1.16 bits per heavy atom. The molecule has 0 saturated carbocycles. The first-order chi connectivity index (χ1) is 11.9. The van der Waals surface area contributed by atoms with Crippen molar-refractivity contribution < 1.29 is 9.59 Å². The number of carbonyl (C=O) groups excluding carboxylic acids is 2. The average molecular weight is 365 g/mol. The number of hydrogen-bond donors (Lipinski definition) is 3. The first-order valence-electron chi connectivity index (χ1n) is 8.43. The minimum absolute atomic E-state index is 0.161. The Labute approximate surface area is 155 Å². The van der Waals surface area contributed by atoms with Crippen molar-refractivity contribution in [3.8, 4) is 0 Å². The molecule has 0 aliphatic rings. The van der Waals surface area contributed by atoms with Crippen molar-refractivity contribution in [1.29, 1.82) is 0 Å². The Morgan fingerprint density at radius 2 is 1.84 bits per heavy atom. The molecule has 0 aliphatic carbocycles. The van der Waals surface area contributed by atoms with Crippen molar-refractivity contribution in [1.82, 2.24) is 15.5 Å². The van der Waals surface area contributed by atoms with Crippen LogP contribution in [0.2, 0.25) is 0 Å². The van der Waals surface area contributed by atoms with Crippen LogP contribution in [0.25, 0.3) is 0 Å². The van der Waals surface area contributed by atoms with Gasteiger partial charge >= 0.3 is 0 Å². The van der Waals surface area contributed by atoms with Crippen LogP contribution in [0.5, 0.6) is 0 Å². The van der Waals surface area contributed by atoms with Crippen LogP contribution in [0.1, 0.15) is 26.2 Å². The normalized spacial score (nSPS) is 11.7. The number of unbranched alkanes of at least 4 members (excludes halogenated alkanes) is 1. The monoisotopic (exact) mass is 364 g/mol. The van der Waals surface area contributed by atoms with E-state index in [0.29, 0.717) is 6.42 Å². The van der Waals surface area contributed by atoms with E-state index >= 15 is 0 Å². The molecule has 7 heteroatoms. The number of likely N-dealkylation sites (N-methyl/N-ethyl adjacent to an activating group) is 1. The smallest absolute Gasteiger partial charge is 0.246 e. The largest absolute Gasteiger partial charge is 0.380 e. The predicted molar refractivity (Wildman–Crippen MR) is 106 cm³/mol. The fourth-order valence-electron chi connectivity index (χ4n) is 2.28. The van der Waals surface area contributed by atoms with E-state index in [1.165, 1.54) is 0 Å². The molecule has 1 aromatic carbocycles. The maximum absolute atomic E-state index is 12.5. The molecule has 0 radical (unpaired) electrons. The lowest BCUT2D eigenvalue weighted by atomic mass is 10.1. The third-order valence-electron chi connectivity index (χ3n) is 3.45. The molecule has 0 unspecified atom stereocenters. The lowest BCUT2D eigenvalue weighted by Gasteiger charge is -2.20. The van der Waals surface area contributed by atoms with Gasteiger partial charge in [-0.3, -0.25) is 9.59 Å². The summed E-state index contributed by atoms with van der Waals surface area (Å²) in [7, 11) is 3.63. The van der Waals surface area contributed by atoms with Gasteiger partial charge in [0.2, 0.25) is 11.8 Å². The zero-order valence-electron chi connectivity index (χ0n) is 15.2. The number of thiocarbonyl (C=S) groups is 1. The topological polar surface area (TPSA) is 73.5 Å². The SMILES string of the molecule is CC(=S)NCCCC[C@H](NC(=O)CN(C)C)C(=O)Nc1ccccc1. The van der Waals surface area contributed by atoms with Gasteiger partial charge in [-0.15, -0.1) is 0 Å². The minimum Gasteiger partial charge on any atom is -0.380 e. The summed E-state index contributed by atoms with van der Waals surface area (Å²) in [6.07, 6.45) is 2.27. The Bertz CT molecular complexity index is 563. The molecule has 138 valence electrons. The first kappa shape index (κ1) is 21.1. The van der Waals surface area contributed by atoms with Gasteiger partial charge in [-0.1, -0.05) is 30.4 Å². The van der Waals surface area contributed by atoms with Crippen LogP contribution >= 0.6 is 12.2 Å². The van der Waals surface area contributed by atoms with Gasteiger partial charge in [0.15, 0.2) is 0 Å². The van der Waals surface area contributed by atoms with Crippen LogP contribution in [0, 0.1) is 0 Å². The van der Waals surface area contributed by atoms with Crippen LogP contribution in [0.3, 0.4) is 0 Å². The highest BCUT2D eigenvalue weighted by molar-refractivity contribution is 7.80. The molecular formula is C18H28N4O2S. The van der Waals surface area contributed by atoms with Gasteiger partial charge < -0.3 is 20.9 Å². The van der Waals surface area contributed by atoms with Crippen molar-refractivity contribution in [3.05, 3.63) is 30.3 Å². The van der Waals surface area contributed by atoms with Crippen LogP contribution < -0.4 is 16.0 Å². The lowest BCUT2D eigenvalue weighted by Crippen LogP contribution is -2.46. The van der Waals surface area contributed by atoms with Gasteiger partial charge in [0, 0.05) is 12.2 Å². The van der Waals surface area contributed by atoms with Gasteiger partial charge in [0.25, 0.3) is 0 Å². The van der Waals surface area contributed by atoms with Crippen molar-refractivity contribution in [2.24, 2.45) is 0 Å². The number of amides is 2. The second-order valence-electron chi connectivity index (χ2n) is 6.19. The summed E-state index contributed by atoms with van der Waals surface area (Å²) in [4.78, 5) is 27.1. The van der Waals surface area contributed by atoms with E-state index in [-0.39, 0.29) is 18.4 Å². The second kappa shape index (κ2) is 11.5. The van der Waals surface area contributed by atoms with Gasteiger partial charge in [0.1, 0.15) is 6.04 Å². The third kappa shape index (κ3) is 9.79. The number of rotatable bonds is 10. The fourth-order valence-corrected chi connectivity index (χ4v) is 2.39. The zero-order chi connectivity index (χ0) is 18.7. The van der Waals surface area contributed by atoms with E-state index in [1.54, 1.807) is 4.90 Å². The molecule has 0 heterocycles. The van der Waals surface area contributed by atoms with E-state index in [1.807, 2.05) is 51.4 Å². The summed E-state index contributed by atoms with van der Waals surface area (Å²) in [6.45, 7) is 2.86. The molecule has 2 amide bonds. The molecule has 0 spiro atoms. The summed E-state index contributed by atoms with van der Waals surface area (Å²) in [5.74, 6) is -0.358. The van der Waals surface area contributed by atoms with E-state index in [0.717, 1.165) is 30.1 Å². The van der Waals surface area contributed by atoms with E-state index in [2.05, 4.69) is 16.0 Å². The second-order valence-corrected chi connectivity index (χ2v) is 6.80. The number of hydrogen-bond acceptors (Lipinski definition) is 4. The van der Waals surface area contributed by atoms with Gasteiger partial charge in [-0.2, -0.15) is 0 Å². The van der Waals surface area contributed by atoms with E-state index < -0.39 is 6.04 Å². The maximum atomic E-state index is 12.5. The van der Waals surface area contributed by atoms with Crippen molar-refractivity contribution in [3.63, 3.8) is 0 Å². The Hall–Kier alpha value is -1.99. The molecule has 1 atom stereocenters. The van der Waals surface area contributed by atoms with Crippen molar-refractivity contribution >= 4 is 34.7 Å². The average Bonchev–Trinajstić information content (AvgIpc) is 2.53. The quantitative estimate of drug-likeness (QED) is 0.436. The first-order valence-corrected chi connectivity index (χ1v) is 8.83. The summed E-state index contributed by atoms with van der Waals surface area (Å²) in [5.41, 5.74) is 0.720. The predicted octanol–water partition coefficient (Wildman–Crippen LogP) is 1.78. The molecule has 0 aromatic heterocycles. The molecule has 3 N–H and O–H groups in total. The summed E-state index contributed by atoms with van der Waals surface area (Å²) >= 11 is 4.97. The molecule has 0 bridgehead atoms. The highest BCUT2D eigenvalue weighted by Gasteiger charge is 2.20. The molecule has 6 nitrogen and oxygen atoms in total. The fraction of sp³-hybridized carbons (Fsp3) is 0.500. The molecule has 0 aliphatic heterocycles. The zero-order valence-corrected chi connectivity index (χ0v) is 16.0. The number of carbonyl (C=O) groups is 2. The lowest BCUT2D eigenvalue weighted by molar-refractivity contribution is -0.127. The molecular weight excluding hydrogens is 336 g/mol. The van der Waals surface area contributed by atoms with Crippen LogP contribution in [0.4, 0.5) is 5.69 Å². The van der Waals surface area contributed by atoms with Crippen LogP contribution in [-0.2, 0) is 9.59 Å². The number of nitrogens with one attached hydrogen (secondary N) is 3. The van der Waals surface area contributed by atoms with Gasteiger partial charge in [0.05, 0.1) is 11.5 Å². The molecule has 0 fully saturated rings. The van der Waals surface area contributed by atoms with Crippen LogP contribution in [0.15, 0.2) is 30.3 Å². The summed E-state index contributed by atoms with van der Waals surface area (Å²) in [6, 6.07) is 8.69. The van der Waals surface area contributed by atoms with E-state index in [4.69, 9.17) is 12.2 Å². The van der Waals surface area contributed by atoms with Crippen molar-refractivity contribution in [2.75, 3.05) is 32.5 Å². The highest BCUT2D eigenvalue weighted by atomic mass is 32.1. The highest BCUT2D eigenvalue weighted by Crippen LogP contribution is 2.08. The molecule has 1 aromatic rings.